The lowest BCUT2D eigenvalue weighted by Crippen LogP contribution is -2.28. The summed E-state index contributed by atoms with van der Waals surface area (Å²) < 4.78 is 41.9. The van der Waals surface area contributed by atoms with Crippen LogP contribution in [0.5, 0.6) is 11.5 Å². The summed E-state index contributed by atoms with van der Waals surface area (Å²) in [6.45, 7) is 2.35. The topological polar surface area (TPSA) is 105 Å². The highest BCUT2D eigenvalue weighted by Gasteiger charge is 2.34. The Morgan fingerprint density at radius 3 is 2.69 bits per heavy atom. The molecule has 1 aliphatic rings. The van der Waals surface area contributed by atoms with E-state index < -0.39 is 10.0 Å². The van der Waals surface area contributed by atoms with Crippen molar-refractivity contribution in [3.63, 3.8) is 0 Å². The quantitative estimate of drug-likeness (QED) is 0.501. The largest absolute Gasteiger partial charge is 0.490 e. The summed E-state index contributed by atoms with van der Waals surface area (Å²) in [5.74, 6) is 1.27. The third-order valence-electron chi connectivity index (χ3n) is 5.65. The standard InChI is InChI=1S/C24H22N2O5S/c1-15-5-4-11-26-24(15)23(22-13-16-6-2-3-7-18(16)30-22)20-10-12-29-21-14-17(32(25,27)28)8-9-19(21)31-20/h2-9,11,13-14,20,23H,10,12H2,1H3,(H2,25,27,28)/t20?,23-/m0/s1. The summed E-state index contributed by atoms with van der Waals surface area (Å²) >= 11 is 0. The second-order valence-corrected chi connectivity index (χ2v) is 9.38. The maximum Gasteiger partial charge on any atom is 0.238 e. The first-order chi connectivity index (χ1) is 15.4. The van der Waals surface area contributed by atoms with E-state index >= 15 is 0 Å². The van der Waals surface area contributed by atoms with Gasteiger partial charge in [-0.15, -0.1) is 0 Å². The number of rotatable bonds is 4. The van der Waals surface area contributed by atoms with E-state index in [4.69, 9.17) is 19.0 Å². The molecule has 2 aromatic heterocycles. The molecule has 0 aliphatic carbocycles. The number of sulfonamides is 1. The van der Waals surface area contributed by atoms with Gasteiger partial charge in [0.15, 0.2) is 11.5 Å². The highest BCUT2D eigenvalue weighted by molar-refractivity contribution is 7.89. The van der Waals surface area contributed by atoms with E-state index in [1.807, 2.05) is 49.4 Å². The number of para-hydroxylation sites is 1. The van der Waals surface area contributed by atoms with Crippen LogP contribution in [0.2, 0.25) is 0 Å². The smallest absolute Gasteiger partial charge is 0.238 e. The molecule has 0 amide bonds. The van der Waals surface area contributed by atoms with Gasteiger partial charge in [-0.2, -0.15) is 0 Å². The van der Waals surface area contributed by atoms with Crippen LogP contribution >= 0.6 is 0 Å². The number of hydrogen-bond acceptors (Lipinski definition) is 6. The molecule has 8 heteroatoms. The number of aryl methyl sites for hydroxylation is 1. The molecule has 1 aliphatic heterocycles. The first-order valence-electron chi connectivity index (χ1n) is 10.3. The summed E-state index contributed by atoms with van der Waals surface area (Å²) in [6.07, 6.45) is 1.97. The van der Waals surface area contributed by atoms with Crippen molar-refractivity contribution in [1.29, 1.82) is 0 Å². The van der Waals surface area contributed by atoms with Gasteiger partial charge in [-0.25, -0.2) is 13.6 Å². The summed E-state index contributed by atoms with van der Waals surface area (Å²) in [4.78, 5) is 4.64. The van der Waals surface area contributed by atoms with E-state index in [2.05, 4.69) is 4.98 Å². The number of furan rings is 1. The summed E-state index contributed by atoms with van der Waals surface area (Å²) in [5, 5.41) is 6.27. The molecule has 0 fully saturated rings. The average molecular weight is 451 g/mol. The van der Waals surface area contributed by atoms with Gasteiger partial charge in [0, 0.05) is 24.1 Å². The Hall–Kier alpha value is -3.36. The fourth-order valence-corrected chi connectivity index (χ4v) is 4.62. The van der Waals surface area contributed by atoms with Gasteiger partial charge in [0.25, 0.3) is 0 Å². The van der Waals surface area contributed by atoms with Crippen molar-refractivity contribution < 1.29 is 22.3 Å². The van der Waals surface area contributed by atoms with Gasteiger partial charge in [-0.05, 0) is 42.8 Å². The van der Waals surface area contributed by atoms with Crippen LogP contribution in [0, 0.1) is 6.92 Å². The van der Waals surface area contributed by atoms with Crippen molar-refractivity contribution in [3.8, 4) is 11.5 Å². The molecule has 5 rings (SSSR count). The number of pyridine rings is 1. The maximum atomic E-state index is 11.7. The molecular weight excluding hydrogens is 428 g/mol. The van der Waals surface area contributed by atoms with E-state index in [-0.39, 0.29) is 16.9 Å². The summed E-state index contributed by atoms with van der Waals surface area (Å²) in [7, 11) is -3.85. The van der Waals surface area contributed by atoms with Crippen LogP contribution < -0.4 is 14.6 Å². The van der Waals surface area contributed by atoms with E-state index in [0.717, 1.165) is 28.0 Å². The lowest BCUT2D eigenvalue weighted by atomic mass is 9.90. The van der Waals surface area contributed by atoms with Crippen LogP contribution in [0.25, 0.3) is 11.0 Å². The minimum Gasteiger partial charge on any atom is -0.490 e. The molecule has 0 radical (unpaired) electrons. The Morgan fingerprint density at radius 1 is 1.06 bits per heavy atom. The zero-order chi connectivity index (χ0) is 22.3. The van der Waals surface area contributed by atoms with Crippen LogP contribution in [0.15, 0.2) is 76.2 Å². The predicted molar refractivity (Wildman–Crippen MR) is 119 cm³/mol. The fraction of sp³-hybridized carbons (Fsp3) is 0.208. The van der Waals surface area contributed by atoms with Crippen LogP contribution in [0.3, 0.4) is 0 Å². The van der Waals surface area contributed by atoms with Crippen LogP contribution in [-0.2, 0) is 10.0 Å². The highest BCUT2D eigenvalue weighted by atomic mass is 32.2. The fourth-order valence-electron chi connectivity index (χ4n) is 4.09. The molecule has 0 bridgehead atoms. The number of benzene rings is 2. The van der Waals surface area contributed by atoms with Crippen molar-refractivity contribution in [1.82, 2.24) is 4.98 Å². The average Bonchev–Trinajstić information content (AvgIpc) is 3.07. The first kappa shape index (κ1) is 20.5. The molecule has 3 heterocycles. The number of aromatic nitrogens is 1. The minimum atomic E-state index is -3.85. The van der Waals surface area contributed by atoms with Crippen molar-refractivity contribution in [2.45, 2.75) is 30.3 Å². The van der Waals surface area contributed by atoms with Gasteiger partial charge in [-0.1, -0.05) is 24.3 Å². The lowest BCUT2D eigenvalue weighted by Gasteiger charge is -2.25. The number of hydrogen-bond donors (Lipinski definition) is 1. The Kier molecular flexibility index (Phi) is 5.11. The third-order valence-corrected chi connectivity index (χ3v) is 6.56. The summed E-state index contributed by atoms with van der Waals surface area (Å²) in [6, 6.07) is 18.2. The Morgan fingerprint density at radius 2 is 1.91 bits per heavy atom. The molecule has 0 spiro atoms. The number of primary sulfonamides is 1. The summed E-state index contributed by atoms with van der Waals surface area (Å²) in [5.41, 5.74) is 2.68. The zero-order valence-corrected chi connectivity index (χ0v) is 18.2. The third kappa shape index (κ3) is 3.83. The molecule has 4 aromatic rings. The van der Waals surface area contributed by atoms with E-state index in [1.54, 1.807) is 12.3 Å². The highest BCUT2D eigenvalue weighted by Crippen LogP contribution is 2.40. The molecule has 2 N–H and O–H groups in total. The molecular formula is C24H22N2O5S. The molecule has 0 saturated carbocycles. The molecule has 2 atom stereocenters. The van der Waals surface area contributed by atoms with Gasteiger partial charge in [0.05, 0.1) is 23.1 Å². The Labute approximate surface area is 185 Å². The van der Waals surface area contributed by atoms with E-state index in [0.29, 0.717) is 24.5 Å². The second-order valence-electron chi connectivity index (χ2n) is 7.82. The van der Waals surface area contributed by atoms with Gasteiger partial charge in [0.1, 0.15) is 17.4 Å². The predicted octanol–water partition coefficient (Wildman–Crippen LogP) is 4.15. The normalized spacial score (nSPS) is 17.1. The van der Waals surface area contributed by atoms with Gasteiger partial charge in [0.2, 0.25) is 10.0 Å². The van der Waals surface area contributed by atoms with Gasteiger partial charge < -0.3 is 13.9 Å². The van der Waals surface area contributed by atoms with Crippen molar-refractivity contribution in [3.05, 3.63) is 83.9 Å². The molecule has 7 nitrogen and oxygen atoms in total. The van der Waals surface area contributed by atoms with E-state index in [9.17, 15) is 8.42 Å². The van der Waals surface area contributed by atoms with Crippen LogP contribution in [0.4, 0.5) is 0 Å². The lowest BCUT2D eigenvalue weighted by molar-refractivity contribution is 0.163. The van der Waals surface area contributed by atoms with Crippen molar-refractivity contribution >= 4 is 21.0 Å². The van der Waals surface area contributed by atoms with Crippen molar-refractivity contribution in [2.75, 3.05) is 6.61 Å². The monoisotopic (exact) mass is 450 g/mol. The number of nitrogens with two attached hydrogens (primary N) is 1. The number of nitrogens with zero attached hydrogens (tertiary/aromatic N) is 1. The SMILES string of the molecule is Cc1cccnc1[C@H](c1cc2ccccc2o1)C1CCOc2cc(S(N)(=O)=O)ccc2O1. The molecule has 2 aromatic carbocycles. The number of fused-ring (bicyclic) bond motifs is 2. The zero-order valence-electron chi connectivity index (χ0n) is 17.4. The van der Waals surface area contributed by atoms with Gasteiger partial charge >= 0.3 is 0 Å². The second kappa shape index (κ2) is 7.96. The maximum absolute atomic E-state index is 11.7. The Balaban J connectivity index is 1.59. The first-order valence-corrected chi connectivity index (χ1v) is 11.8. The van der Waals surface area contributed by atoms with E-state index in [1.165, 1.54) is 12.1 Å². The molecule has 0 saturated heterocycles. The molecule has 1 unspecified atom stereocenters. The Bertz CT molecular complexity index is 1360. The van der Waals surface area contributed by atoms with Crippen LogP contribution in [0.1, 0.15) is 29.4 Å². The molecule has 164 valence electrons. The van der Waals surface area contributed by atoms with Crippen LogP contribution in [-0.4, -0.2) is 26.1 Å². The van der Waals surface area contributed by atoms with Gasteiger partial charge in [-0.3, -0.25) is 4.98 Å². The number of ether oxygens (including phenoxy) is 2. The minimum absolute atomic E-state index is 0.0206. The molecule has 32 heavy (non-hydrogen) atoms. The van der Waals surface area contributed by atoms with Crippen molar-refractivity contribution in [2.24, 2.45) is 5.14 Å².